The maximum Gasteiger partial charge on any atom is 0.174 e. The molecule has 0 aliphatic rings. The maximum absolute atomic E-state index is 15.4. The predicted molar refractivity (Wildman–Crippen MR) is 203 cm³/mol. The van der Waals surface area contributed by atoms with Crippen molar-refractivity contribution in [3.8, 4) is 22.9 Å². The van der Waals surface area contributed by atoms with Gasteiger partial charge in [-0.3, -0.25) is 4.57 Å². The Labute approximate surface area is 311 Å². The van der Waals surface area contributed by atoms with Gasteiger partial charge in [0, 0.05) is 66.4 Å². The Morgan fingerprint density at radius 3 is 2.13 bits per heavy atom. The average molecular weight is 744 g/mol. The van der Waals surface area contributed by atoms with Gasteiger partial charge in [0.1, 0.15) is 29.0 Å². The number of thioether (sulfide) groups is 1. The first kappa shape index (κ1) is 40.9. The summed E-state index contributed by atoms with van der Waals surface area (Å²) in [5.74, 6) is 0.126. The molecule has 0 saturated heterocycles. The van der Waals surface area contributed by atoms with Crippen LogP contribution in [0.5, 0.6) is 17.2 Å². The molecule has 0 atom stereocenters. The molecule has 1 heterocycles. The number of rotatable bonds is 18. The van der Waals surface area contributed by atoms with Crippen LogP contribution < -0.4 is 19.1 Å². The second-order valence-electron chi connectivity index (χ2n) is 15.4. The third-order valence-corrected chi connectivity index (χ3v) is 9.68. The third-order valence-electron chi connectivity index (χ3n) is 8.70. The molecule has 4 aromatic rings. The Bertz CT molecular complexity index is 1750. The van der Waals surface area contributed by atoms with Crippen LogP contribution >= 0.6 is 11.8 Å². The number of benzene rings is 3. The molecule has 0 radical (unpaired) electrons. The minimum atomic E-state index is -0.694. The second-order valence-corrected chi connectivity index (χ2v) is 16.3. The van der Waals surface area contributed by atoms with E-state index in [9.17, 15) is 4.39 Å². The zero-order valence-electron chi connectivity index (χ0n) is 32.2. The van der Waals surface area contributed by atoms with E-state index < -0.39 is 11.6 Å². The van der Waals surface area contributed by atoms with Crippen molar-refractivity contribution in [2.75, 3.05) is 66.6 Å². The highest BCUT2D eigenvalue weighted by atomic mass is 32.2. The van der Waals surface area contributed by atoms with Gasteiger partial charge in [-0.1, -0.05) is 25.6 Å². The SMILES string of the molecule is COc1ccc(N(C)c2cnc(SCc3c(F)cc(OCCC[N+](C)(C)CC(C)(C)CCOC(C)(C)C)cc3F)n2-c2ccc(F)cc2)cc1OC. The molecule has 52 heavy (non-hydrogen) atoms. The number of quaternary nitrogens is 1. The van der Waals surface area contributed by atoms with Crippen molar-refractivity contribution in [1.29, 1.82) is 0 Å². The summed E-state index contributed by atoms with van der Waals surface area (Å²) in [6.45, 7) is 13.6. The van der Waals surface area contributed by atoms with Crippen LogP contribution in [0, 0.1) is 22.9 Å². The van der Waals surface area contributed by atoms with E-state index in [4.69, 9.17) is 18.9 Å². The highest BCUT2D eigenvalue weighted by Gasteiger charge is 2.29. The zero-order chi connectivity index (χ0) is 38.3. The first-order chi connectivity index (χ1) is 24.4. The molecule has 0 amide bonds. The van der Waals surface area contributed by atoms with Crippen LogP contribution in [0.1, 0.15) is 53.0 Å². The lowest BCUT2D eigenvalue weighted by Gasteiger charge is -2.38. The van der Waals surface area contributed by atoms with Crippen LogP contribution in [-0.4, -0.2) is 81.3 Å². The predicted octanol–water partition coefficient (Wildman–Crippen LogP) is 9.44. The Hall–Kier alpha value is -3.87. The van der Waals surface area contributed by atoms with E-state index in [0.717, 1.165) is 36.1 Å². The molecule has 0 bridgehead atoms. The average Bonchev–Trinajstić information content (AvgIpc) is 3.48. The number of nitrogens with zero attached hydrogens (tertiary/aromatic N) is 4. The van der Waals surface area contributed by atoms with Crippen LogP contribution in [-0.2, 0) is 10.5 Å². The Morgan fingerprint density at radius 1 is 0.865 bits per heavy atom. The summed E-state index contributed by atoms with van der Waals surface area (Å²) in [4.78, 5) is 6.49. The first-order valence-corrected chi connectivity index (χ1v) is 18.4. The largest absolute Gasteiger partial charge is 0.493 e. The normalized spacial score (nSPS) is 12.2. The van der Waals surface area contributed by atoms with Crippen molar-refractivity contribution < 1.29 is 36.6 Å². The molecule has 0 N–H and O–H groups in total. The lowest BCUT2D eigenvalue weighted by atomic mass is 9.88. The number of methoxy groups -OCH3 is 2. The van der Waals surface area contributed by atoms with E-state index in [-0.39, 0.29) is 33.9 Å². The number of hydrogen-bond donors (Lipinski definition) is 0. The molecule has 0 unspecified atom stereocenters. The van der Waals surface area contributed by atoms with Gasteiger partial charge in [-0.2, -0.15) is 0 Å². The highest BCUT2D eigenvalue weighted by molar-refractivity contribution is 7.98. The van der Waals surface area contributed by atoms with Gasteiger partial charge in [-0.15, -0.1) is 0 Å². The van der Waals surface area contributed by atoms with Crippen molar-refractivity contribution in [3.63, 3.8) is 0 Å². The Kier molecular flexibility index (Phi) is 13.6. The molecular formula is C40H54F3N4O4S+. The fourth-order valence-corrected chi connectivity index (χ4v) is 7.24. The molecule has 3 aromatic carbocycles. The highest BCUT2D eigenvalue weighted by Crippen LogP contribution is 2.37. The van der Waals surface area contributed by atoms with E-state index in [0.29, 0.717) is 41.4 Å². The zero-order valence-corrected chi connectivity index (χ0v) is 33.0. The van der Waals surface area contributed by atoms with Gasteiger partial charge in [-0.25, -0.2) is 18.2 Å². The van der Waals surface area contributed by atoms with Gasteiger partial charge in [0.05, 0.1) is 59.8 Å². The smallest absolute Gasteiger partial charge is 0.174 e. The number of aromatic nitrogens is 2. The number of halogens is 3. The molecule has 284 valence electrons. The van der Waals surface area contributed by atoms with E-state index in [2.05, 4.69) is 53.7 Å². The maximum atomic E-state index is 15.4. The molecule has 0 aliphatic heterocycles. The number of imidazole rings is 1. The summed E-state index contributed by atoms with van der Waals surface area (Å²) >= 11 is 1.17. The van der Waals surface area contributed by atoms with E-state index in [1.54, 1.807) is 38.6 Å². The third kappa shape index (κ3) is 11.3. The summed E-state index contributed by atoms with van der Waals surface area (Å²) in [5.41, 5.74) is 1.26. The van der Waals surface area contributed by atoms with Crippen molar-refractivity contribution in [2.45, 2.75) is 64.0 Å². The summed E-state index contributed by atoms with van der Waals surface area (Å²) < 4.78 is 69.9. The summed E-state index contributed by atoms with van der Waals surface area (Å²) in [5, 5.41) is 0.471. The summed E-state index contributed by atoms with van der Waals surface area (Å²) in [7, 11) is 9.37. The van der Waals surface area contributed by atoms with Gasteiger partial charge in [-0.05, 0) is 63.6 Å². The Balaban J connectivity index is 1.42. The fourth-order valence-electron chi connectivity index (χ4n) is 6.23. The van der Waals surface area contributed by atoms with E-state index in [1.807, 2.05) is 28.6 Å². The first-order valence-electron chi connectivity index (χ1n) is 17.4. The van der Waals surface area contributed by atoms with Crippen molar-refractivity contribution >= 4 is 23.3 Å². The van der Waals surface area contributed by atoms with Gasteiger partial charge < -0.3 is 28.3 Å². The number of ether oxygens (including phenoxy) is 4. The number of anilines is 2. The second kappa shape index (κ2) is 17.3. The van der Waals surface area contributed by atoms with Gasteiger partial charge >= 0.3 is 0 Å². The van der Waals surface area contributed by atoms with E-state index >= 15 is 8.78 Å². The van der Waals surface area contributed by atoms with Gasteiger partial charge in [0.2, 0.25) is 0 Å². The van der Waals surface area contributed by atoms with Crippen LogP contribution in [0.4, 0.5) is 24.7 Å². The van der Waals surface area contributed by atoms with Gasteiger partial charge in [0.15, 0.2) is 16.7 Å². The topological polar surface area (TPSA) is 58.0 Å². The lowest BCUT2D eigenvalue weighted by molar-refractivity contribution is -0.896. The monoisotopic (exact) mass is 743 g/mol. The minimum absolute atomic E-state index is 0.0298. The Morgan fingerprint density at radius 2 is 1.52 bits per heavy atom. The van der Waals surface area contributed by atoms with Crippen LogP contribution in [0.3, 0.4) is 0 Å². The molecule has 0 aliphatic carbocycles. The summed E-state index contributed by atoms with van der Waals surface area (Å²) in [6.07, 6.45) is 3.35. The molecular weight excluding hydrogens is 690 g/mol. The fraction of sp³-hybridized carbons (Fsp3) is 0.475. The quantitative estimate of drug-likeness (QED) is 0.0572. The lowest BCUT2D eigenvalue weighted by Crippen LogP contribution is -2.47. The molecule has 4 rings (SSSR count). The molecule has 12 heteroatoms. The van der Waals surface area contributed by atoms with Crippen LogP contribution in [0.25, 0.3) is 5.69 Å². The molecule has 8 nitrogen and oxygen atoms in total. The minimum Gasteiger partial charge on any atom is -0.493 e. The van der Waals surface area contributed by atoms with Crippen LogP contribution in [0.2, 0.25) is 0 Å². The van der Waals surface area contributed by atoms with Crippen molar-refractivity contribution in [1.82, 2.24) is 9.55 Å². The molecule has 0 saturated carbocycles. The van der Waals surface area contributed by atoms with Crippen molar-refractivity contribution in [2.24, 2.45) is 5.41 Å². The standard InChI is InChI=1S/C40H54F3N4O4S/c1-39(2,3)51-21-18-40(4,5)27-47(7,8)19-11-20-50-31-23-33(42)32(34(43)24-31)26-52-38-44-25-37(46(38)29-14-12-28(41)13-15-29)45(6)30-16-17-35(48-9)36(22-30)49-10/h12-17,22-25H,11,18-21,26-27H2,1-10H3/q+1. The van der Waals surface area contributed by atoms with E-state index in [1.165, 1.54) is 36.0 Å². The summed E-state index contributed by atoms with van der Waals surface area (Å²) in [6, 6.07) is 13.9. The number of hydrogen-bond acceptors (Lipinski definition) is 7. The van der Waals surface area contributed by atoms with Crippen LogP contribution in [0.15, 0.2) is 66.0 Å². The molecule has 1 aromatic heterocycles. The molecule has 0 fully saturated rings. The van der Waals surface area contributed by atoms with Gasteiger partial charge in [0.25, 0.3) is 0 Å². The molecule has 0 spiro atoms. The van der Waals surface area contributed by atoms with Crippen molar-refractivity contribution in [3.05, 3.63) is 83.8 Å².